The molecule has 1 saturated heterocycles. The summed E-state index contributed by atoms with van der Waals surface area (Å²) in [5.41, 5.74) is 9.50. The van der Waals surface area contributed by atoms with Crippen LogP contribution in [-0.2, 0) is 19.2 Å². The molecule has 2 aliphatic rings. The van der Waals surface area contributed by atoms with Crippen LogP contribution in [0.2, 0.25) is 0 Å². The number of amides is 4. The molecule has 1 aliphatic heterocycles. The van der Waals surface area contributed by atoms with Gasteiger partial charge >= 0.3 is 0 Å². The molecule has 2 fully saturated rings. The van der Waals surface area contributed by atoms with Crippen LogP contribution in [0.3, 0.4) is 0 Å². The van der Waals surface area contributed by atoms with Gasteiger partial charge in [0.2, 0.25) is 23.6 Å². The second-order valence-electron chi connectivity index (χ2n) is 4.96. The van der Waals surface area contributed by atoms with E-state index in [-0.39, 0.29) is 0 Å². The van der Waals surface area contributed by atoms with Crippen molar-refractivity contribution in [3.8, 4) is 0 Å². The van der Waals surface area contributed by atoms with Crippen LogP contribution >= 0.6 is 0 Å². The molecule has 0 radical (unpaired) electrons. The Balaban J connectivity index is 2.53. The number of hydrogen-bond acceptors (Lipinski definition) is 4. The molecule has 5 N–H and O–H groups in total. The van der Waals surface area contributed by atoms with E-state index in [2.05, 4.69) is 0 Å². The molecule has 4 amide bonds. The third-order valence-electron chi connectivity index (χ3n) is 4.02. The van der Waals surface area contributed by atoms with E-state index in [0.717, 1.165) is 12.8 Å². The van der Waals surface area contributed by atoms with Crippen LogP contribution in [0.5, 0.6) is 0 Å². The molecular weight excluding hydrogens is 238 g/mol. The van der Waals surface area contributed by atoms with Crippen molar-refractivity contribution in [1.29, 1.82) is 0 Å². The van der Waals surface area contributed by atoms with E-state index in [0.29, 0.717) is 12.8 Å². The largest absolute Gasteiger partial charge is 0.369 e. The van der Waals surface area contributed by atoms with E-state index in [1.54, 1.807) is 0 Å². The van der Waals surface area contributed by atoms with Crippen LogP contribution < -0.4 is 16.8 Å². The summed E-state index contributed by atoms with van der Waals surface area (Å²) < 4.78 is 0. The lowest BCUT2D eigenvalue weighted by atomic mass is 9.62. The van der Waals surface area contributed by atoms with Gasteiger partial charge in [0.05, 0.1) is 0 Å². The van der Waals surface area contributed by atoms with Crippen molar-refractivity contribution >= 4 is 23.6 Å². The van der Waals surface area contributed by atoms with Crippen molar-refractivity contribution in [3.05, 3.63) is 0 Å². The maximum atomic E-state index is 11.8. The minimum absolute atomic E-state index is 0.438. The summed E-state index contributed by atoms with van der Waals surface area (Å²) in [6.07, 6.45) is 2.36. The summed E-state index contributed by atoms with van der Waals surface area (Å²) in [6, 6.07) is 0. The Labute approximate surface area is 103 Å². The first kappa shape index (κ1) is 12.5. The number of imide groups is 1. The highest BCUT2D eigenvalue weighted by Crippen LogP contribution is 2.51. The molecular formula is C11H15N3O4. The fraction of sp³-hybridized carbons (Fsp3) is 0.636. The lowest BCUT2D eigenvalue weighted by Gasteiger charge is -2.42. The van der Waals surface area contributed by atoms with Gasteiger partial charge in [0, 0.05) is 5.41 Å². The van der Waals surface area contributed by atoms with Crippen LogP contribution in [0.4, 0.5) is 0 Å². The smallest absolute Gasteiger partial charge is 0.239 e. The van der Waals surface area contributed by atoms with Crippen LogP contribution in [0.25, 0.3) is 0 Å². The van der Waals surface area contributed by atoms with Crippen molar-refractivity contribution in [2.24, 2.45) is 28.7 Å². The lowest BCUT2D eigenvalue weighted by molar-refractivity contribution is -0.157. The molecule has 1 heterocycles. The van der Waals surface area contributed by atoms with Gasteiger partial charge in [-0.25, -0.2) is 0 Å². The third-order valence-corrected chi connectivity index (χ3v) is 4.02. The van der Waals surface area contributed by atoms with Gasteiger partial charge in [-0.15, -0.1) is 0 Å². The number of carbonyl (C=O) groups is 4. The molecule has 0 aromatic carbocycles. The summed E-state index contributed by atoms with van der Waals surface area (Å²) in [6.45, 7) is 0. The first-order valence-corrected chi connectivity index (χ1v) is 5.83. The molecule has 1 aliphatic carbocycles. The summed E-state index contributed by atoms with van der Waals surface area (Å²) in [5.74, 6) is -5.37. The minimum atomic E-state index is -1.16. The summed E-state index contributed by atoms with van der Waals surface area (Å²) in [7, 11) is 0. The van der Waals surface area contributed by atoms with Crippen LogP contribution in [-0.4, -0.2) is 23.6 Å². The van der Waals surface area contributed by atoms with Crippen LogP contribution in [0.15, 0.2) is 0 Å². The van der Waals surface area contributed by atoms with Gasteiger partial charge in [-0.3, -0.25) is 24.5 Å². The second kappa shape index (κ2) is 4.08. The third kappa shape index (κ3) is 1.58. The Morgan fingerprint density at radius 1 is 1.00 bits per heavy atom. The Bertz CT molecular complexity index is 406. The van der Waals surface area contributed by atoms with E-state index in [4.69, 9.17) is 11.5 Å². The molecule has 0 aromatic heterocycles. The highest BCUT2D eigenvalue weighted by Gasteiger charge is 2.60. The van der Waals surface area contributed by atoms with E-state index in [1.165, 1.54) is 0 Å². The minimum Gasteiger partial charge on any atom is -0.369 e. The summed E-state index contributed by atoms with van der Waals surface area (Å²) in [4.78, 5) is 46.6. The zero-order valence-electron chi connectivity index (χ0n) is 9.77. The first-order chi connectivity index (χ1) is 8.40. The molecule has 2 unspecified atom stereocenters. The maximum Gasteiger partial charge on any atom is 0.239 e. The van der Waals surface area contributed by atoms with Crippen molar-refractivity contribution in [2.45, 2.75) is 25.7 Å². The fourth-order valence-corrected chi connectivity index (χ4v) is 3.39. The molecule has 98 valence electrons. The Hall–Kier alpha value is -1.92. The second-order valence-corrected chi connectivity index (χ2v) is 4.96. The van der Waals surface area contributed by atoms with Gasteiger partial charge < -0.3 is 11.5 Å². The lowest BCUT2D eigenvalue weighted by Crippen LogP contribution is -2.63. The molecule has 0 aromatic rings. The Kier molecular flexibility index (Phi) is 2.84. The van der Waals surface area contributed by atoms with Gasteiger partial charge in [0.1, 0.15) is 11.8 Å². The number of piperidine rings is 1. The normalized spacial score (nSPS) is 30.2. The van der Waals surface area contributed by atoms with Crippen molar-refractivity contribution in [3.63, 3.8) is 0 Å². The zero-order valence-corrected chi connectivity index (χ0v) is 9.77. The van der Waals surface area contributed by atoms with Gasteiger partial charge in [0.15, 0.2) is 0 Å². The standard InChI is InChI=1S/C11H15N3O4/c12-7(15)5-9(17)14-10(18)6(8(13)16)11(5)3-1-2-4-11/h5-6H,1-4H2,(H2,12,15)(H2,13,16)(H,14,17,18). The highest BCUT2D eigenvalue weighted by atomic mass is 16.2. The monoisotopic (exact) mass is 253 g/mol. The predicted molar refractivity (Wildman–Crippen MR) is 59.4 cm³/mol. The van der Waals surface area contributed by atoms with Gasteiger partial charge in [-0.05, 0) is 12.8 Å². The summed E-state index contributed by atoms with van der Waals surface area (Å²) >= 11 is 0. The number of carbonyl (C=O) groups excluding carboxylic acids is 4. The van der Waals surface area contributed by atoms with Gasteiger partial charge in [-0.1, -0.05) is 12.8 Å². The van der Waals surface area contributed by atoms with Gasteiger partial charge in [0.25, 0.3) is 0 Å². The quantitative estimate of drug-likeness (QED) is 0.404. The molecule has 18 heavy (non-hydrogen) atoms. The van der Waals surface area contributed by atoms with E-state index < -0.39 is 40.9 Å². The Morgan fingerprint density at radius 2 is 1.39 bits per heavy atom. The maximum absolute atomic E-state index is 11.8. The zero-order chi connectivity index (χ0) is 13.5. The molecule has 2 atom stereocenters. The van der Waals surface area contributed by atoms with E-state index in [9.17, 15) is 19.2 Å². The van der Waals surface area contributed by atoms with Crippen LogP contribution in [0, 0.1) is 17.3 Å². The molecule has 0 bridgehead atoms. The van der Waals surface area contributed by atoms with Crippen molar-refractivity contribution in [2.75, 3.05) is 0 Å². The molecule has 7 nitrogen and oxygen atoms in total. The topological polar surface area (TPSA) is 132 Å². The summed E-state index contributed by atoms with van der Waals surface area (Å²) in [5, 5.41) is 2.01. The highest BCUT2D eigenvalue weighted by molar-refractivity contribution is 6.15. The number of hydrogen-bond donors (Lipinski definition) is 3. The number of nitrogens with two attached hydrogens (primary N) is 2. The first-order valence-electron chi connectivity index (χ1n) is 5.83. The molecule has 1 spiro atoms. The van der Waals surface area contributed by atoms with E-state index >= 15 is 0 Å². The van der Waals surface area contributed by atoms with Crippen molar-refractivity contribution < 1.29 is 19.2 Å². The molecule has 7 heteroatoms. The van der Waals surface area contributed by atoms with Crippen molar-refractivity contribution in [1.82, 2.24) is 5.32 Å². The van der Waals surface area contributed by atoms with E-state index in [1.807, 2.05) is 5.32 Å². The SMILES string of the molecule is NC(=O)C1C(=O)NC(=O)C(C(N)=O)C12CCCC2. The number of primary amides is 2. The molecule has 2 rings (SSSR count). The average molecular weight is 253 g/mol. The van der Waals surface area contributed by atoms with Crippen LogP contribution in [0.1, 0.15) is 25.7 Å². The molecule has 1 saturated carbocycles. The average Bonchev–Trinajstić information content (AvgIpc) is 2.64. The van der Waals surface area contributed by atoms with Gasteiger partial charge in [-0.2, -0.15) is 0 Å². The number of rotatable bonds is 2. The Morgan fingerprint density at radius 3 is 1.72 bits per heavy atom. The predicted octanol–water partition coefficient (Wildman–Crippen LogP) is -1.59. The number of nitrogens with one attached hydrogen (secondary N) is 1. The fourth-order valence-electron chi connectivity index (χ4n) is 3.39.